The van der Waals surface area contributed by atoms with E-state index in [0.717, 1.165) is 36.1 Å². The van der Waals surface area contributed by atoms with Crippen LogP contribution in [0.2, 0.25) is 0 Å². The van der Waals surface area contributed by atoms with E-state index in [9.17, 15) is 9.90 Å². The van der Waals surface area contributed by atoms with E-state index in [1.807, 2.05) is 42.5 Å². The maximum absolute atomic E-state index is 13.3. The van der Waals surface area contributed by atoms with Crippen molar-refractivity contribution in [1.82, 2.24) is 0 Å². The number of ketones is 1. The van der Waals surface area contributed by atoms with E-state index in [1.165, 1.54) is 0 Å². The summed E-state index contributed by atoms with van der Waals surface area (Å²) in [6.45, 7) is 4.64. The molecule has 2 aliphatic rings. The summed E-state index contributed by atoms with van der Waals surface area (Å²) in [7, 11) is 3.28. The fourth-order valence-corrected chi connectivity index (χ4v) is 5.99. The lowest BCUT2D eigenvalue weighted by Crippen LogP contribution is -2.50. The zero-order valence-corrected chi connectivity index (χ0v) is 19.5. The van der Waals surface area contributed by atoms with Gasteiger partial charge in [-0.2, -0.15) is 0 Å². The normalized spacial score (nSPS) is 29.5. The molecule has 0 bridgehead atoms. The van der Waals surface area contributed by atoms with Gasteiger partial charge in [0, 0.05) is 11.8 Å². The van der Waals surface area contributed by atoms with Crippen LogP contribution in [0.25, 0.3) is 0 Å². The van der Waals surface area contributed by atoms with Crippen molar-refractivity contribution in [2.45, 2.75) is 58.7 Å². The summed E-state index contributed by atoms with van der Waals surface area (Å²) in [4.78, 5) is 13.3. The van der Waals surface area contributed by atoms with Gasteiger partial charge in [-0.25, -0.2) is 0 Å². The molecule has 5 heteroatoms. The van der Waals surface area contributed by atoms with Gasteiger partial charge in [0.25, 0.3) is 0 Å². The summed E-state index contributed by atoms with van der Waals surface area (Å²) in [5.74, 6) is 2.60. The van der Waals surface area contributed by atoms with Crippen LogP contribution in [0.15, 0.2) is 42.5 Å². The second-order valence-corrected chi connectivity index (χ2v) is 9.75. The van der Waals surface area contributed by atoms with Crippen LogP contribution in [0.1, 0.15) is 50.7 Å². The van der Waals surface area contributed by atoms with Crippen molar-refractivity contribution in [3.05, 3.63) is 53.6 Å². The number of para-hydroxylation sites is 1. The molecule has 2 fully saturated rings. The fourth-order valence-electron chi connectivity index (χ4n) is 5.99. The molecule has 2 saturated carbocycles. The van der Waals surface area contributed by atoms with Crippen molar-refractivity contribution in [1.29, 1.82) is 0 Å². The first-order valence-corrected chi connectivity index (χ1v) is 11.4. The van der Waals surface area contributed by atoms with Gasteiger partial charge >= 0.3 is 0 Å². The largest absolute Gasteiger partial charge is 0.497 e. The molecule has 0 saturated heterocycles. The van der Waals surface area contributed by atoms with Crippen molar-refractivity contribution in [3.8, 4) is 17.2 Å². The number of carbonyl (C=O) groups excluding carboxylic acids is 1. The second-order valence-electron chi connectivity index (χ2n) is 9.75. The molecule has 32 heavy (non-hydrogen) atoms. The Labute approximate surface area is 190 Å². The van der Waals surface area contributed by atoms with Gasteiger partial charge in [-0.15, -0.1) is 0 Å². The van der Waals surface area contributed by atoms with Crippen LogP contribution in [0.5, 0.6) is 17.2 Å². The Balaban J connectivity index is 1.62. The third-order valence-electron chi connectivity index (χ3n) is 7.96. The average Bonchev–Trinajstić information content (AvgIpc) is 3.11. The second kappa shape index (κ2) is 8.78. The lowest BCUT2D eigenvalue weighted by atomic mass is 9.54. The van der Waals surface area contributed by atoms with Gasteiger partial charge in [0.2, 0.25) is 0 Å². The van der Waals surface area contributed by atoms with Gasteiger partial charge in [-0.1, -0.05) is 38.1 Å². The van der Waals surface area contributed by atoms with Crippen LogP contribution in [0, 0.1) is 16.7 Å². The van der Waals surface area contributed by atoms with Crippen molar-refractivity contribution in [3.63, 3.8) is 0 Å². The first-order chi connectivity index (χ1) is 15.3. The van der Waals surface area contributed by atoms with E-state index in [4.69, 9.17) is 14.2 Å². The van der Waals surface area contributed by atoms with Gasteiger partial charge in [0.15, 0.2) is 11.5 Å². The zero-order valence-electron chi connectivity index (χ0n) is 19.5. The predicted molar refractivity (Wildman–Crippen MR) is 123 cm³/mol. The molecule has 2 aromatic carbocycles. The van der Waals surface area contributed by atoms with E-state index in [0.29, 0.717) is 30.9 Å². The molecule has 0 radical (unpaired) electrons. The fraction of sp³-hybridized carbons (Fsp3) is 0.519. The van der Waals surface area contributed by atoms with Crippen molar-refractivity contribution < 1.29 is 24.1 Å². The molecule has 0 heterocycles. The highest BCUT2D eigenvalue weighted by atomic mass is 16.5. The highest BCUT2D eigenvalue weighted by Gasteiger charge is 2.58. The molecule has 172 valence electrons. The first kappa shape index (κ1) is 22.7. The molecule has 0 aromatic heterocycles. The molecule has 2 aliphatic carbocycles. The number of carbonyl (C=O) groups is 1. The van der Waals surface area contributed by atoms with Crippen molar-refractivity contribution in [2.24, 2.45) is 16.7 Å². The quantitative estimate of drug-likeness (QED) is 0.661. The Bertz CT molecular complexity index is 969. The van der Waals surface area contributed by atoms with Gasteiger partial charge in [-0.05, 0) is 66.3 Å². The van der Waals surface area contributed by atoms with E-state index in [-0.39, 0.29) is 23.2 Å². The minimum atomic E-state index is -0.533. The highest BCUT2D eigenvalue weighted by molar-refractivity contribution is 5.86. The number of aliphatic hydroxyl groups excluding tert-OH is 1. The van der Waals surface area contributed by atoms with E-state index < -0.39 is 5.41 Å². The summed E-state index contributed by atoms with van der Waals surface area (Å²) in [5, 5.41) is 10.7. The summed E-state index contributed by atoms with van der Waals surface area (Å²) >= 11 is 0. The first-order valence-electron chi connectivity index (χ1n) is 11.4. The number of fused-ring (bicyclic) bond motifs is 1. The minimum Gasteiger partial charge on any atom is -0.497 e. The van der Waals surface area contributed by atoms with E-state index in [1.54, 1.807) is 14.2 Å². The molecule has 0 aliphatic heterocycles. The molecular formula is C27H34O5. The van der Waals surface area contributed by atoms with Gasteiger partial charge < -0.3 is 19.3 Å². The molecule has 0 amide bonds. The summed E-state index contributed by atoms with van der Waals surface area (Å²) in [6, 6.07) is 13.7. The molecule has 4 rings (SSSR count). The lowest BCUT2D eigenvalue weighted by Gasteiger charge is -2.49. The summed E-state index contributed by atoms with van der Waals surface area (Å²) < 4.78 is 17.1. The number of hydrogen-bond acceptors (Lipinski definition) is 5. The third kappa shape index (κ3) is 3.88. The Hall–Kier alpha value is -2.53. The molecule has 1 N–H and O–H groups in total. The molecular weight excluding hydrogens is 404 g/mol. The SMILES string of the molecule is COc1ccc(COc2c(C[C@]3(C)C(=O)CC[C@@]4(C)[C@H](O)CC[C@H]43)cccc2OC)cc1. The Kier molecular flexibility index (Phi) is 6.22. The zero-order chi connectivity index (χ0) is 22.9. The van der Waals surface area contributed by atoms with Crippen molar-refractivity contribution in [2.75, 3.05) is 14.2 Å². The lowest BCUT2D eigenvalue weighted by molar-refractivity contribution is -0.143. The monoisotopic (exact) mass is 438 g/mol. The Morgan fingerprint density at radius 2 is 1.78 bits per heavy atom. The maximum Gasteiger partial charge on any atom is 0.164 e. The number of Topliss-reactive ketones (excluding diaryl/α,β-unsaturated/α-hetero) is 1. The van der Waals surface area contributed by atoms with Crippen LogP contribution in [-0.2, 0) is 17.8 Å². The number of benzene rings is 2. The van der Waals surface area contributed by atoms with Crippen LogP contribution >= 0.6 is 0 Å². The van der Waals surface area contributed by atoms with Gasteiger partial charge in [0.1, 0.15) is 18.1 Å². The van der Waals surface area contributed by atoms with Crippen LogP contribution in [0.3, 0.4) is 0 Å². The number of methoxy groups -OCH3 is 2. The van der Waals surface area contributed by atoms with Crippen molar-refractivity contribution >= 4 is 5.78 Å². The third-order valence-corrected chi connectivity index (χ3v) is 7.96. The molecule has 5 nitrogen and oxygen atoms in total. The van der Waals surface area contributed by atoms with Gasteiger partial charge in [-0.3, -0.25) is 4.79 Å². The molecule has 0 spiro atoms. The van der Waals surface area contributed by atoms with Crippen LogP contribution < -0.4 is 14.2 Å². The topological polar surface area (TPSA) is 65.0 Å². The summed E-state index contributed by atoms with van der Waals surface area (Å²) in [6.07, 6.45) is 3.18. The molecule has 4 atom stereocenters. The summed E-state index contributed by atoms with van der Waals surface area (Å²) in [5.41, 5.74) is 1.26. The number of hydrogen-bond donors (Lipinski definition) is 1. The molecule has 2 aromatic rings. The van der Waals surface area contributed by atoms with Crippen LogP contribution in [-0.4, -0.2) is 31.2 Å². The Morgan fingerprint density at radius 3 is 2.47 bits per heavy atom. The van der Waals surface area contributed by atoms with E-state index in [2.05, 4.69) is 13.8 Å². The standard InChI is InChI=1S/C27H34O5/c1-26-15-14-24(29)27(2,22(26)12-13-23(26)28)16-19-6-5-7-21(31-4)25(19)32-17-18-8-10-20(30-3)11-9-18/h5-11,22-23,28H,12-17H2,1-4H3/t22-,23-,26-,27+/m1/s1. The number of ether oxygens (including phenoxy) is 3. The minimum absolute atomic E-state index is 0.159. The predicted octanol–water partition coefficient (Wildman–Crippen LogP) is 4.97. The number of rotatable bonds is 7. The number of aliphatic hydroxyl groups is 1. The molecule has 0 unspecified atom stereocenters. The van der Waals surface area contributed by atoms with Gasteiger partial charge in [0.05, 0.1) is 20.3 Å². The smallest absolute Gasteiger partial charge is 0.164 e. The van der Waals surface area contributed by atoms with Crippen LogP contribution in [0.4, 0.5) is 0 Å². The average molecular weight is 439 g/mol. The highest BCUT2D eigenvalue weighted by Crippen LogP contribution is 2.59. The Morgan fingerprint density at radius 1 is 1.03 bits per heavy atom. The van der Waals surface area contributed by atoms with E-state index >= 15 is 0 Å². The maximum atomic E-state index is 13.3.